The molecule has 0 saturated heterocycles. The Morgan fingerprint density at radius 2 is 1.87 bits per heavy atom. The van der Waals surface area contributed by atoms with Crippen molar-refractivity contribution in [3.63, 3.8) is 0 Å². The van der Waals surface area contributed by atoms with Crippen LogP contribution in [0.5, 0.6) is 5.75 Å². The number of imidazole rings is 1. The predicted molar refractivity (Wildman–Crippen MR) is 123 cm³/mol. The van der Waals surface area contributed by atoms with Gasteiger partial charge >= 0.3 is 0 Å². The molecule has 0 aliphatic carbocycles. The number of amides is 1. The molecule has 164 valence electrons. The molecule has 0 fully saturated rings. The van der Waals surface area contributed by atoms with Gasteiger partial charge in [-0.25, -0.2) is 4.98 Å². The van der Waals surface area contributed by atoms with E-state index in [0.717, 1.165) is 24.5 Å². The van der Waals surface area contributed by atoms with E-state index in [1.807, 2.05) is 66.3 Å². The quantitative estimate of drug-likeness (QED) is 0.564. The summed E-state index contributed by atoms with van der Waals surface area (Å²) in [5, 5.41) is 3.14. The number of para-hydroxylation sites is 1. The topological polar surface area (TPSA) is 59.4 Å². The summed E-state index contributed by atoms with van der Waals surface area (Å²) in [7, 11) is 3.55. The number of nitrogens with one attached hydrogen (secondary N) is 1. The van der Waals surface area contributed by atoms with Crippen molar-refractivity contribution in [1.82, 2.24) is 19.8 Å². The Hall–Kier alpha value is -3.12. The van der Waals surface area contributed by atoms with Crippen molar-refractivity contribution in [1.29, 1.82) is 0 Å². The van der Waals surface area contributed by atoms with Gasteiger partial charge in [0, 0.05) is 43.2 Å². The molecule has 2 aromatic carbocycles. The summed E-state index contributed by atoms with van der Waals surface area (Å²) < 4.78 is 7.45. The van der Waals surface area contributed by atoms with Crippen LogP contribution in [-0.4, -0.2) is 40.1 Å². The van der Waals surface area contributed by atoms with Gasteiger partial charge in [0.15, 0.2) is 0 Å². The Balaban J connectivity index is 1.83. The average molecular weight is 421 g/mol. The number of carbonyl (C=O) groups excluding carboxylic acids is 1. The van der Waals surface area contributed by atoms with E-state index in [0.29, 0.717) is 17.4 Å². The third-order valence-corrected chi connectivity index (χ3v) is 5.58. The highest BCUT2D eigenvalue weighted by Crippen LogP contribution is 2.29. The standard InChI is InChI=1S/C25H32N4O2/c1-6-29(18(2)3)17-19-11-13-20(14-12-19)25(30)27-23(24-26-15-16-28(24)4)21-9-7-8-10-22(21)31-5/h7-16,18,23H,6,17H2,1-5H3,(H,27,30). The molecule has 1 amide bonds. The second-order valence-corrected chi connectivity index (χ2v) is 7.90. The minimum Gasteiger partial charge on any atom is -0.496 e. The van der Waals surface area contributed by atoms with E-state index < -0.39 is 6.04 Å². The molecule has 1 unspecified atom stereocenters. The van der Waals surface area contributed by atoms with E-state index in [2.05, 4.69) is 36.0 Å². The Kier molecular flexibility index (Phi) is 7.47. The number of aromatic nitrogens is 2. The van der Waals surface area contributed by atoms with Crippen molar-refractivity contribution < 1.29 is 9.53 Å². The zero-order valence-electron chi connectivity index (χ0n) is 19.0. The van der Waals surface area contributed by atoms with Gasteiger partial charge < -0.3 is 14.6 Å². The molecule has 0 radical (unpaired) electrons. The Labute approximate surface area is 184 Å². The number of nitrogens with zero attached hydrogens (tertiary/aromatic N) is 3. The third-order valence-electron chi connectivity index (χ3n) is 5.58. The first kappa shape index (κ1) is 22.6. The fourth-order valence-electron chi connectivity index (χ4n) is 3.71. The van der Waals surface area contributed by atoms with Gasteiger partial charge in [0.25, 0.3) is 5.91 Å². The second kappa shape index (κ2) is 10.3. The van der Waals surface area contributed by atoms with E-state index in [4.69, 9.17) is 4.74 Å². The highest BCUT2D eigenvalue weighted by molar-refractivity contribution is 5.94. The van der Waals surface area contributed by atoms with Gasteiger partial charge in [-0.15, -0.1) is 0 Å². The summed E-state index contributed by atoms with van der Waals surface area (Å²) in [4.78, 5) is 20.0. The molecule has 6 heteroatoms. The van der Waals surface area contributed by atoms with Crippen LogP contribution in [0.4, 0.5) is 0 Å². The minimum absolute atomic E-state index is 0.151. The first-order chi connectivity index (χ1) is 14.9. The van der Waals surface area contributed by atoms with E-state index in [-0.39, 0.29) is 5.91 Å². The Bertz CT molecular complexity index is 995. The van der Waals surface area contributed by atoms with Crippen LogP contribution in [0.3, 0.4) is 0 Å². The number of benzene rings is 2. The van der Waals surface area contributed by atoms with Crippen LogP contribution in [0.15, 0.2) is 60.9 Å². The SMILES string of the molecule is CCN(Cc1ccc(C(=O)NC(c2ccccc2OC)c2nccn2C)cc1)C(C)C. The normalized spacial score (nSPS) is 12.2. The van der Waals surface area contributed by atoms with Gasteiger partial charge in [-0.05, 0) is 44.2 Å². The maximum atomic E-state index is 13.1. The third kappa shape index (κ3) is 5.33. The summed E-state index contributed by atoms with van der Waals surface area (Å²) in [5.74, 6) is 1.30. The zero-order valence-corrected chi connectivity index (χ0v) is 19.0. The van der Waals surface area contributed by atoms with Gasteiger partial charge in [0.05, 0.1) is 7.11 Å². The first-order valence-corrected chi connectivity index (χ1v) is 10.7. The molecule has 1 aromatic heterocycles. The molecule has 3 aromatic rings. The number of rotatable bonds is 9. The number of aryl methyl sites for hydroxylation is 1. The summed E-state index contributed by atoms with van der Waals surface area (Å²) in [5.41, 5.74) is 2.67. The van der Waals surface area contributed by atoms with Gasteiger partial charge in [-0.2, -0.15) is 0 Å². The van der Waals surface area contributed by atoms with Crippen LogP contribution in [0, 0.1) is 0 Å². The number of hydrogen-bond donors (Lipinski definition) is 1. The van der Waals surface area contributed by atoms with Crippen LogP contribution >= 0.6 is 0 Å². The van der Waals surface area contributed by atoms with Gasteiger partial charge in [0.2, 0.25) is 0 Å². The lowest BCUT2D eigenvalue weighted by molar-refractivity contribution is 0.0940. The summed E-state index contributed by atoms with van der Waals surface area (Å²) in [6.07, 6.45) is 3.60. The molecular formula is C25H32N4O2. The molecule has 0 saturated carbocycles. The Morgan fingerprint density at radius 3 is 2.45 bits per heavy atom. The first-order valence-electron chi connectivity index (χ1n) is 10.7. The van der Waals surface area contributed by atoms with Crippen LogP contribution in [0.2, 0.25) is 0 Å². The lowest BCUT2D eigenvalue weighted by atomic mass is 10.0. The van der Waals surface area contributed by atoms with E-state index in [9.17, 15) is 4.79 Å². The van der Waals surface area contributed by atoms with Crippen molar-refractivity contribution in [2.45, 2.75) is 39.4 Å². The van der Waals surface area contributed by atoms with Gasteiger partial charge in [-0.3, -0.25) is 9.69 Å². The fourth-order valence-corrected chi connectivity index (χ4v) is 3.71. The lowest BCUT2D eigenvalue weighted by Gasteiger charge is -2.25. The number of ether oxygens (including phenoxy) is 1. The van der Waals surface area contributed by atoms with Gasteiger partial charge in [-0.1, -0.05) is 37.3 Å². The maximum absolute atomic E-state index is 13.1. The Morgan fingerprint density at radius 1 is 1.16 bits per heavy atom. The second-order valence-electron chi connectivity index (χ2n) is 7.90. The van der Waals surface area contributed by atoms with Crippen molar-refractivity contribution in [3.05, 3.63) is 83.4 Å². The number of methoxy groups -OCH3 is 1. The number of hydrogen-bond acceptors (Lipinski definition) is 4. The molecule has 1 heterocycles. The van der Waals surface area contributed by atoms with Crippen molar-refractivity contribution in [2.75, 3.05) is 13.7 Å². The fraction of sp³-hybridized carbons (Fsp3) is 0.360. The molecule has 0 bridgehead atoms. The predicted octanol–water partition coefficient (Wildman–Crippen LogP) is 4.18. The summed E-state index contributed by atoms with van der Waals surface area (Å²) >= 11 is 0. The molecule has 0 aliphatic rings. The van der Waals surface area contributed by atoms with Crippen LogP contribution in [0.1, 0.15) is 54.1 Å². The van der Waals surface area contributed by atoms with Crippen molar-refractivity contribution >= 4 is 5.91 Å². The highest BCUT2D eigenvalue weighted by Gasteiger charge is 2.24. The smallest absolute Gasteiger partial charge is 0.252 e. The molecule has 3 rings (SSSR count). The monoisotopic (exact) mass is 420 g/mol. The molecule has 0 spiro atoms. The van der Waals surface area contributed by atoms with Crippen LogP contribution in [-0.2, 0) is 13.6 Å². The zero-order chi connectivity index (χ0) is 22.4. The maximum Gasteiger partial charge on any atom is 0.252 e. The van der Waals surface area contributed by atoms with Crippen LogP contribution in [0.25, 0.3) is 0 Å². The molecule has 6 nitrogen and oxygen atoms in total. The molecule has 1 N–H and O–H groups in total. The average Bonchev–Trinajstić information content (AvgIpc) is 3.21. The highest BCUT2D eigenvalue weighted by atomic mass is 16.5. The van der Waals surface area contributed by atoms with E-state index >= 15 is 0 Å². The molecule has 31 heavy (non-hydrogen) atoms. The summed E-state index contributed by atoms with van der Waals surface area (Å²) in [6, 6.07) is 15.6. The summed E-state index contributed by atoms with van der Waals surface area (Å²) in [6.45, 7) is 8.41. The van der Waals surface area contributed by atoms with Gasteiger partial charge in [0.1, 0.15) is 17.6 Å². The largest absolute Gasteiger partial charge is 0.496 e. The minimum atomic E-state index is -0.431. The number of carbonyl (C=O) groups is 1. The molecular weight excluding hydrogens is 388 g/mol. The molecule has 0 aliphatic heterocycles. The lowest BCUT2D eigenvalue weighted by Crippen LogP contribution is -2.31. The molecule has 1 atom stereocenters. The van der Waals surface area contributed by atoms with E-state index in [1.54, 1.807) is 13.3 Å². The van der Waals surface area contributed by atoms with Crippen molar-refractivity contribution in [3.8, 4) is 5.75 Å². The van der Waals surface area contributed by atoms with Crippen LogP contribution < -0.4 is 10.1 Å². The van der Waals surface area contributed by atoms with E-state index in [1.165, 1.54) is 5.56 Å². The van der Waals surface area contributed by atoms with Crippen molar-refractivity contribution in [2.24, 2.45) is 7.05 Å².